The second kappa shape index (κ2) is 10.6. The van der Waals surface area contributed by atoms with Crippen molar-refractivity contribution in [2.45, 2.75) is 58.1 Å². The lowest BCUT2D eigenvalue weighted by molar-refractivity contribution is -0.128. The molecule has 40 heavy (non-hydrogen) atoms. The molecule has 2 aliphatic rings. The maximum Gasteiger partial charge on any atom is 0.265 e. The van der Waals surface area contributed by atoms with E-state index in [0.29, 0.717) is 18.9 Å². The number of hydrogen-bond acceptors (Lipinski definition) is 8. The van der Waals surface area contributed by atoms with Crippen LogP contribution in [0.4, 0.5) is 13.2 Å². The summed E-state index contributed by atoms with van der Waals surface area (Å²) < 4.78 is 74.0. The van der Waals surface area contributed by atoms with E-state index in [1.54, 1.807) is 0 Å². The number of carbonyl (C=O) groups is 1. The summed E-state index contributed by atoms with van der Waals surface area (Å²) >= 11 is 0. The molecule has 4 atom stereocenters. The molecule has 0 amide bonds. The molecule has 14 heteroatoms. The summed E-state index contributed by atoms with van der Waals surface area (Å²) in [7, 11) is -4.08. The Morgan fingerprint density at radius 2 is 1.90 bits per heavy atom. The van der Waals surface area contributed by atoms with E-state index in [4.69, 9.17) is 4.55 Å². The van der Waals surface area contributed by atoms with Crippen LogP contribution < -0.4 is 0 Å². The Bertz CT molecular complexity index is 1500. The third kappa shape index (κ3) is 5.39. The van der Waals surface area contributed by atoms with Gasteiger partial charge < -0.3 is 5.11 Å². The van der Waals surface area contributed by atoms with Crippen LogP contribution in [0.5, 0.6) is 0 Å². The third-order valence-electron chi connectivity index (χ3n) is 8.66. The molecule has 2 N–H and O–H groups in total. The van der Waals surface area contributed by atoms with Gasteiger partial charge in [0, 0.05) is 24.0 Å². The highest BCUT2D eigenvalue weighted by molar-refractivity contribution is 7.85. The van der Waals surface area contributed by atoms with Crippen molar-refractivity contribution in [3.63, 3.8) is 0 Å². The Kier molecular flexibility index (Phi) is 7.91. The van der Waals surface area contributed by atoms with Gasteiger partial charge >= 0.3 is 0 Å². The van der Waals surface area contributed by atoms with E-state index < -0.39 is 50.3 Å². The second-order valence-corrected chi connectivity index (χ2v) is 12.5. The van der Waals surface area contributed by atoms with Crippen LogP contribution in [0.15, 0.2) is 43.4 Å². The van der Waals surface area contributed by atoms with Gasteiger partial charge in [-0.25, -0.2) is 32.8 Å². The first-order valence-electron chi connectivity index (χ1n) is 12.5. The normalized spacial score (nSPS) is 23.8. The number of ketones is 1. The highest BCUT2D eigenvalue weighted by Crippen LogP contribution is 2.64. The molecule has 2 fully saturated rings. The van der Waals surface area contributed by atoms with Crippen molar-refractivity contribution in [2.24, 2.45) is 16.7 Å². The molecule has 0 spiro atoms. The number of hydrogen-bond donors (Lipinski definition) is 2. The van der Waals surface area contributed by atoms with E-state index in [1.165, 1.54) is 24.3 Å². The molecule has 1 unspecified atom stereocenters. The summed E-state index contributed by atoms with van der Waals surface area (Å²) in [6, 6.07) is 2.80. The van der Waals surface area contributed by atoms with Crippen molar-refractivity contribution >= 4 is 15.9 Å². The highest BCUT2D eigenvalue weighted by Gasteiger charge is 2.65. The highest BCUT2D eigenvalue weighted by atomic mass is 32.2. The van der Waals surface area contributed by atoms with Gasteiger partial charge in [-0.1, -0.05) is 26.8 Å². The summed E-state index contributed by atoms with van der Waals surface area (Å²) in [6.07, 6.45) is 6.63. The largest absolute Gasteiger partial charge is 0.382 e. The summed E-state index contributed by atoms with van der Waals surface area (Å²) in [5, 5.41) is 15.2. The molecule has 216 valence electrons. The van der Waals surface area contributed by atoms with E-state index in [2.05, 4.69) is 20.1 Å². The molecule has 0 aliphatic heterocycles. The minimum atomic E-state index is -4.08. The van der Waals surface area contributed by atoms with E-state index in [0.717, 1.165) is 31.1 Å². The molecule has 0 saturated heterocycles. The van der Waals surface area contributed by atoms with Crippen molar-refractivity contribution in [3.8, 4) is 0 Å². The Morgan fingerprint density at radius 3 is 2.42 bits per heavy atom. The van der Waals surface area contributed by atoms with Crippen molar-refractivity contribution in [1.82, 2.24) is 24.7 Å². The van der Waals surface area contributed by atoms with E-state index in [-0.39, 0.29) is 34.9 Å². The SMILES string of the molecule is CC1(C)C2CC[C@@]1(CS(=O)(=O)O)C(=O)C2.C[C@@H](c1ncncc1F)[C@](O)(Cn1cncn1)c1ccc(F)cc1F. The number of aliphatic hydroxyl groups is 1. The maximum atomic E-state index is 14.4. The lowest BCUT2D eigenvalue weighted by Crippen LogP contribution is -2.42. The van der Waals surface area contributed by atoms with Gasteiger partial charge in [0.1, 0.15) is 42.0 Å². The average molecular weight is 582 g/mol. The third-order valence-corrected chi connectivity index (χ3v) is 9.52. The Hall–Kier alpha value is -3.23. The number of aromatic nitrogens is 5. The molecule has 1 aromatic carbocycles. The quantitative estimate of drug-likeness (QED) is 0.400. The number of rotatable bonds is 7. The van der Waals surface area contributed by atoms with Crippen LogP contribution in [-0.4, -0.2) is 54.3 Å². The summed E-state index contributed by atoms with van der Waals surface area (Å²) in [5.74, 6) is -3.57. The minimum Gasteiger partial charge on any atom is -0.382 e. The van der Waals surface area contributed by atoms with Crippen LogP contribution in [0.3, 0.4) is 0 Å². The molecule has 2 heterocycles. The summed E-state index contributed by atoms with van der Waals surface area (Å²) in [5.41, 5.74) is -3.37. The van der Waals surface area contributed by atoms with Crippen molar-refractivity contribution in [3.05, 3.63) is 72.1 Å². The molecule has 2 aromatic heterocycles. The Labute approximate surface area is 229 Å². The smallest absolute Gasteiger partial charge is 0.265 e. The molecule has 2 bridgehead atoms. The predicted molar refractivity (Wildman–Crippen MR) is 136 cm³/mol. The van der Waals surface area contributed by atoms with Gasteiger partial charge in [-0.2, -0.15) is 13.5 Å². The van der Waals surface area contributed by atoms with Gasteiger partial charge in [-0.05, 0) is 30.2 Å². The van der Waals surface area contributed by atoms with Crippen molar-refractivity contribution in [1.29, 1.82) is 0 Å². The number of fused-ring (bicyclic) bond motifs is 2. The van der Waals surface area contributed by atoms with Crippen LogP contribution in [0, 0.1) is 34.2 Å². The summed E-state index contributed by atoms with van der Waals surface area (Å²) in [6.45, 7) is 5.15. The summed E-state index contributed by atoms with van der Waals surface area (Å²) in [4.78, 5) is 23.1. The standard InChI is InChI=1S/C16H14F3N5O.C10H16O4S/c1-10(15-14(19)5-20-7-22-15)16(25,6-24-9-21-8-23-24)12-3-2-11(17)4-13(12)18;1-9(2)7-3-4-10(9,8(11)5-7)6-15(12,13)14/h2-5,7-10,25H,6H2,1H3;7H,3-6H2,1-2H3,(H,12,13,14)/t10-,16+;7?,10-/m01/s1. The zero-order valence-corrected chi connectivity index (χ0v) is 22.9. The lowest BCUT2D eigenvalue weighted by Gasteiger charge is -2.35. The fraction of sp³-hybridized carbons (Fsp3) is 0.500. The molecule has 0 radical (unpaired) electrons. The van der Waals surface area contributed by atoms with Gasteiger partial charge in [0.05, 0.1) is 29.6 Å². The van der Waals surface area contributed by atoms with E-state index in [1.807, 2.05) is 13.8 Å². The molecular weight excluding hydrogens is 551 g/mol. The number of carbonyl (C=O) groups excluding carboxylic acids is 1. The fourth-order valence-electron chi connectivity index (χ4n) is 6.14. The maximum absolute atomic E-state index is 14.4. The van der Waals surface area contributed by atoms with Gasteiger partial charge in [-0.15, -0.1) is 0 Å². The lowest BCUT2D eigenvalue weighted by atomic mass is 9.70. The van der Waals surface area contributed by atoms with Crippen LogP contribution >= 0.6 is 0 Å². The minimum absolute atomic E-state index is 0.0152. The van der Waals surface area contributed by atoms with Crippen LogP contribution in [0.2, 0.25) is 0 Å². The van der Waals surface area contributed by atoms with Gasteiger partial charge in [0.25, 0.3) is 10.1 Å². The first-order valence-corrected chi connectivity index (χ1v) is 14.2. The van der Waals surface area contributed by atoms with Crippen LogP contribution in [-0.2, 0) is 27.1 Å². The monoisotopic (exact) mass is 581 g/mol. The van der Waals surface area contributed by atoms with Gasteiger partial charge in [-0.3, -0.25) is 9.35 Å². The zero-order chi connectivity index (χ0) is 29.5. The van der Waals surface area contributed by atoms with Gasteiger partial charge in [0.15, 0.2) is 5.82 Å². The first-order chi connectivity index (χ1) is 18.6. The molecule has 2 saturated carbocycles. The number of benzene rings is 1. The van der Waals surface area contributed by atoms with Crippen molar-refractivity contribution < 1.29 is 36.0 Å². The van der Waals surface area contributed by atoms with Gasteiger partial charge in [0.2, 0.25) is 0 Å². The van der Waals surface area contributed by atoms with E-state index in [9.17, 15) is 31.5 Å². The van der Waals surface area contributed by atoms with Crippen molar-refractivity contribution in [2.75, 3.05) is 5.75 Å². The molecule has 2 aliphatic carbocycles. The predicted octanol–water partition coefficient (Wildman–Crippen LogP) is 3.45. The van der Waals surface area contributed by atoms with Crippen LogP contribution in [0.25, 0.3) is 0 Å². The topological polar surface area (TPSA) is 148 Å². The second-order valence-electron chi connectivity index (χ2n) is 11.0. The molecule has 5 rings (SSSR count). The fourth-order valence-corrected chi connectivity index (χ4v) is 7.44. The zero-order valence-electron chi connectivity index (χ0n) is 22.1. The molecule has 10 nitrogen and oxygen atoms in total. The van der Waals surface area contributed by atoms with Crippen LogP contribution in [0.1, 0.15) is 57.2 Å². The number of halogens is 3. The first kappa shape index (κ1) is 29.7. The van der Waals surface area contributed by atoms with E-state index >= 15 is 0 Å². The average Bonchev–Trinajstić information content (AvgIpc) is 3.49. The molecule has 3 aromatic rings. The number of nitrogens with zero attached hydrogens (tertiary/aromatic N) is 5. The molecular formula is C26H30F3N5O5S. The Balaban J connectivity index is 0.000000210. The number of Topliss-reactive ketones (excluding diaryl/α,β-unsaturated/α-hetero) is 1. The Morgan fingerprint density at radius 1 is 1.18 bits per heavy atom.